The molecule has 3 nitrogen and oxygen atoms in total. The molecule has 18 heavy (non-hydrogen) atoms. The van der Waals surface area contributed by atoms with E-state index in [9.17, 15) is 0 Å². The smallest absolute Gasteiger partial charge is 0.128 e. The Morgan fingerprint density at radius 3 is 2.50 bits per heavy atom. The molecule has 1 atom stereocenters. The third-order valence-corrected chi connectivity index (χ3v) is 3.57. The minimum absolute atomic E-state index is 0.234. The van der Waals surface area contributed by atoms with Gasteiger partial charge in [0, 0.05) is 18.1 Å². The monoisotopic (exact) mass is 283 g/mol. The molecule has 1 N–H and O–H groups in total. The number of hydrogen-bond donors (Lipinski definition) is 1. The maximum Gasteiger partial charge on any atom is 0.128 e. The van der Waals surface area contributed by atoms with Crippen molar-refractivity contribution in [3.63, 3.8) is 0 Å². The Hall–Kier alpha value is -1.03. The van der Waals surface area contributed by atoms with Crippen LogP contribution in [0.25, 0.3) is 0 Å². The molecule has 0 aliphatic carbocycles. The summed E-state index contributed by atoms with van der Waals surface area (Å²) in [6.45, 7) is 2.78. The van der Waals surface area contributed by atoms with Crippen LogP contribution in [0.3, 0.4) is 0 Å². The molecule has 0 unspecified atom stereocenters. The predicted molar refractivity (Wildman–Crippen MR) is 74.9 cm³/mol. The molecular formula is C13H15Cl2N3. The molecule has 0 fully saturated rings. The van der Waals surface area contributed by atoms with Gasteiger partial charge < -0.3 is 9.88 Å². The number of halogens is 2. The number of benzene rings is 1. The van der Waals surface area contributed by atoms with Crippen LogP contribution in [0.4, 0.5) is 0 Å². The minimum atomic E-state index is 0.234. The van der Waals surface area contributed by atoms with Gasteiger partial charge in [0.2, 0.25) is 0 Å². The Kier molecular flexibility index (Phi) is 4.27. The van der Waals surface area contributed by atoms with E-state index in [0.29, 0.717) is 11.7 Å². The SMILES string of the molecule is C[C@@H](NCc1ncc(Cl)n1C)c1ccc(Cl)cc1. The summed E-state index contributed by atoms with van der Waals surface area (Å²) < 4.78 is 1.86. The third-order valence-electron chi connectivity index (χ3n) is 2.96. The molecule has 0 amide bonds. The van der Waals surface area contributed by atoms with Crippen molar-refractivity contribution in [1.82, 2.24) is 14.9 Å². The fourth-order valence-electron chi connectivity index (χ4n) is 1.70. The lowest BCUT2D eigenvalue weighted by atomic mass is 10.1. The van der Waals surface area contributed by atoms with Gasteiger partial charge in [0.25, 0.3) is 0 Å². The molecule has 0 spiro atoms. The minimum Gasteiger partial charge on any atom is -0.321 e. The third kappa shape index (κ3) is 3.05. The Balaban J connectivity index is 1.98. The molecule has 96 valence electrons. The Morgan fingerprint density at radius 1 is 1.28 bits per heavy atom. The normalized spacial score (nSPS) is 12.7. The van der Waals surface area contributed by atoms with E-state index in [0.717, 1.165) is 10.8 Å². The second-order valence-electron chi connectivity index (χ2n) is 4.21. The average Bonchev–Trinajstić information content (AvgIpc) is 2.68. The summed E-state index contributed by atoms with van der Waals surface area (Å²) >= 11 is 11.8. The number of hydrogen-bond acceptors (Lipinski definition) is 2. The standard InChI is InChI=1S/C13H15Cl2N3/c1-9(10-3-5-11(14)6-4-10)16-8-13-17-7-12(15)18(13)2/h3-7,9,16H,8H2,1-2H3/t9-/m1/s1. The van der Waals surface area contributed by atoms with Gasteiger partial charge in [-0.05, 0) is 24.6 Å². The summed E-state index contributed by atoms with van der Waals surface area (Å²) in [5, 5.41) is 4.80. The van der Waals surface area contributed by atoms with E-state index in [-0.39, 0.29) is 6.04 Å². The zero-order valence-corrected chi connectivity index (χ0v) is 11.8. The van der Waals surface area contributed by atoms with E-state index in [1.54, 1.807) is 6.20 Å². The number of nitrogens with one attached hydrogen (secondary N) is 1. The largest absolute Gasteiger partial charge is 0.321 e. The van der Waals surface area contributed by atoms with Crippen molar-refractivity contribution in [2.75, 3.05) is 0 Å². The highest BCUT2D eigenvalue weighted by molar-refractivity contribution is 6.30. The van der Waals surface area contributed by atoms with Gasteiger partial charge in [0.05, 0.1) is 12.7 Å². The van der Waals surface area contributed by atoms with Crippen LogP contribution in [0.1, 0.15) is 24.4 Å². The van der Waals surface area contributed by atoms with Gasteiger partial charge in [-0.25, -0.2) is 4.98 Å². The van der Waals surface area contributed by atoms with Crippen molar-refractivity contribution >= 4 is 23.2 Å². The lowest BCUT2D eigenvalue weighted by molar-refractivity contribution is 0.549. The summed E-state index contributed by atoms with van der Waals surface area (Å²) in [7, 11) is 1.90. The number of aromatic nitrogens is 2. The van der Waals surface area contributed by atoms with Crippen LogP contribution < -0.4 is 5.32 Å². The van der Waals surface area contributed by atoms with Crippen molar-refractivity contribution in [1.29, 1.82) is 0 Å². The van der Waals surface area contributed by atoms with E-state index in [4.69, 9.17) is 23.2 Å². The Labute approximate surface area is 117 Å². The number of rotatable bonds is 4. The zero-order valence-electron chi connectivity index (χ0n) is 10.3. The number of imidazole rings is 1. The Bertz CT molecular complexity index is 520. The molecule has 0 bridgehead atoms. The fourth-order valence-corrected chi connectivity index (χ4v) is 1.97. The molecule has 5 heteroatoms. The van der Waals surface area contributed by atoms with Crippen LogP contribution in [-0.4, -0.2) is 9.55 Å². The maximum atomic E-state index is 5.94. The first-order chi connectivity index (χ1) is 8.58. The molecule has 1 aromatic heterocycles. The molecule has 2 rings (SSSR count). The summed E-state index contributed by atoms with van der Waals surface area (Å²) in [5.74, 6) is 0.917. The number of nitrogens with zero attached hydrogens (tertiary/aromatic N) is 2. The molecule has 1 heterocycles. The van der Waals surface area contributed by atoms with Gasteiger partial charge in [-0.2, -0.15) is 0 Å². The first kappa shape index (κ1) is 13.4. The van der Waals surface area contributed by atoms with Crippen LogP contribution in [0.2, 0.25) is 10.2 Å². The van der Waals surface area contributed by atoms with Crippen LogP contribution in [0.15, 0.2) is 30.5 Å². The molecule has 0 aliphatic heterocycles. The molecule has 0 aliphatic rings. The highest BCUT2D eigenvalue weighted by Crippen LogP contribution is 2.17. The van der Waals surface area contributed by atoms with Gasteiger partial charge in [0.1, 0.15) is 11.0 Å². The Morgan fingerprint density at radius 2 is 1.94 bits per heavy atom. The fraction of sp³-hybridized carbons (Fsp3) is 0.308. The highest BCUT2D eigenvalue weighted by atomic mass is 35.5. The van der Waals surface area contributed by atoms with E-state index < -0.39 is 0 Å². The van der Waals surface area contributed by atoms with E-state index >= 15 is 0 Å². The quantitative estimate of drug-likeness (QED) is 0.930. The molecule has 0 radical (unpaired) electrons. The maximum absolute atomic E-state index is 5.94. The summed E-state index contributed by atoms with van der Waals surface area (Å²) in [5.41, 5.74) is 1.19. The van der Waals surface area contributed by atoms with Crippen LogP contribution in [0, 0.1) is 0 Å². The molecular weight excluding hydrogens is 269 g/mol. The first-order valence-corrected chi connectivity index (χ1v) is 6.48. The second kappa shape index (κ2) is 5.74. The van der Waals surface area contributed by atoms with Crippen LogP contribution in [-0.2, 0) is 13.6 Å². The van der Waals surface area contributed by atoms with Crippen molar-refractivity contribution in [2.45, 2.75) is 19.5 Å². The van der Waals surface area contributed by atoms with Crippen LogP contribution in [0.5, 0.6) is 0 Å². The summed E-state index contributed by atoms with van der Waals surface area (Å²) in [4.78, 5) is 4.24. The van der Waals surface area contributed by atoms with Crippen molar-refractivity contribution in [3.8, 4) is 0 Å². The van der Waals surface area contributed by atoms with Gasteiger partial charge in [-0.1, -0.05) is 35.3 Å². The van der Waals surface area contributed by atoms with Gasteiger partial charge in [-0.3, -0.25) is 0 Å². The van der Waals surface area contributed by atoms with Gasteiger partial charge in [-0.15, -0.1) is 0 Å². The lowest BCUT2D eigenvalue weighted by Crippen LogP contribution is -2.20. The molecule has 2 aromatic rings. The predicted octanol–water partition coefficient (Wildman–Crippen LogP) is 3.58. The van der Waals surface area contributed by atoms with Gasteiger partial charge >= 0.3 is 0 Å². The summed E-state index contributed by atoms with van der Waals surface area (Å²) in [6.07, 6.45) is 1.66. The zero-order chi connectivity index (χ0) is 13.1. The average molecular weight is 284 g/mol. The van der Waals surface area contributed by atoms with E-state index in [1.807, 2.05) is 35.9 Å². The molecule has 0 saturated carbocycles. The summed E-state index contributed by atoms with van der Waals surface area (Å²) in [6, 6.07) is 8.06. The molecule has 0 saturated heterocycles. The van der Waals surface area contributed by atoms with E-state index in [2.05, 4.69) is 17.2 Å². The van der Waals surface area contributed by atoms with Crippen molar-refractivity contribution < 1.29 is 0 Å². The highest BCUT2D eigenvalue weighted by Gasteiger charge is 2.08. The topological polar surface area (TPSA) is 29.9 Å². The van der Waals surface area contributed by atoms with Gasteiger partial charge in [0.15, 0.2) is 0 Å². The van der Waals surface area contributed by atoms with Crippen molar-refractivity contribution in [2.24, 2.45) is 7.05 Å². The second-order valence-corrected chi connectivity index (χ2v) is 5.03. The lowest BCUT2D eigenvalue weighted by Gasteiger charge is -2.14. The van der Waals surface area contributed by atoms with E-state index in [1.165, 1.54) is 5.56 Å². The molecule has 1 aromatic carbocycles. The van der Waals surface area contributed by atoms with Crippen LogP contribution >= 0.6 is 23.2 Å². The van der Waals surface area contributed by atoms with Crippen molar-refractivity contribution in [3.05, 3.63) is 52.0 Å². The first-order valence-electron chi connectivity index (χ1n) is 5.73.